The maximum absolute atomic E-state index is 13.3. The highest BCUT2D eigenvalue weighted by Gasteiger charge is 2.35. The Bertz CT molecular complexity index is 720. The molecule has 2 heterocycles. The topological polar surface area (TPSA) is 89.6 Å². The van der Waals surface area contributed by atoms with Gasteiger partial charge in [-0.3, -0.25) is 31.1 Å². The number of carbonyl (C=O) groups is 1. The van der Waals surface area contributed by atoms with E-state index in [-0.39, 0.29) is 18.1 Å². The summed E-state index contributed by atoms with van der Waals surface area (Å²) < 4.78 is 13.3. The number of hydrogen-bond donors (Lipinski definition) is 5. The Morgan fingerprint density at radius 1 is 1.00 bits per heavy atom. The van der Waals surface area contributed by atoms with Gasteiger partial charge in [0.25, 0.3) is 0 Å². The SMILES string of the molecule is O=C(NCCC1CCC(F)CC1)C1CCCC(NC2NCCC(NC3CCC4N=CSC4C3)N2)C1. The molecule has 0 radical (unpaired) electrons. The number of fused-ring (bicyclic) bond motifs is 1. The number of alkyl halides is 1. The molecule has 198 valence electrons. The van der Waals surface area contributed by atoms with Crippen LogP contribution in [0.4, 0.5) is 4.39 Å². The Kier molecular flexibility index (Phi) is 9.38. The maximum Gasteiger partial charge on any atom is 0.223 e. The Balaban J connectivity index is 1.00. The zero-order chi connectivity index (χ0) is 24.0. The average molecular weight is 509 g/mol. The molecule has 9 heteroatoms. The first-order chi connectivity index (χ1) is 17.1. The van der Waals surface area contributed by atoms with E-state index in [0.717, 1.165) is 64.5 Å². The van der Waals surface area contributed by atoms with Crippen molar-refractivity contribution in [1.82, 2.24) is 26.6 Å². The zero-order valence-corrected chi connectivity index (χ0v) is 21.8. The van der Waals surface area contributed by atoms with E-state index in [2.05, 4.69) is 37.1 Å². The van der Waals surface area contributed by atoms with Gasteiger partial charge in [-0.2, -0.15) is 0 Å². The summed E-state index contributed by atoms with van der Waals surface area (Å²) in [5.74, 6) is 0.888. The lowest BCUT2D eigenvalue weighted by molar-refractivity contribution is -0.126. The molecule has 5 rings (SSSR count). The van der Waals surface area contributed by atoms with Crippen molar-refractivity contribution in [3.63, 3.8) is 0 Å². The largest absolute Gasteiger partial charge is 0.356 e. The molecule has 0 aromatic heterocycles. The van der Waals surface area contributed by atoms with Gasteiger partial charge in [-0.1, -0.05) is 6.42 Å². The minimum atomic E-state index is -0.604. The Morgan fingerprint density at radius 3 is 2.74 bits per heavy atom. The molecule has 4 fully saturated rings. The van der Waals surface area contributed by atoms with Crippen LogP contribution in [-0.2, 0) is 4.79 Å². The molecule has 0 aromatic carbocycles. The average Bonchev–Trinajstić information content (AvgIpc) is 3.34. The fraction of sp³-hybridized carbons (Fsp3) is 0.923. The third kappa shape index (κ3) is 7.40. The molecular formula is C26H45FN6OS. The van der Waals surface area contributed by atoms with E-state index in [4.69, 9.17) is 0 Å². The van der Waals surface area contributed by atoms with Crippen LogP contribution in [0.2, 0.25) is 0 Å². The predicted molar refractivity (Wildman–Crippen MR) is 141 cm³/mol. The number of rotatable bonds is 8. The van der Waals surface area contributed by atoms with Crippen molar-refractivity contribution in [1.29, 1.82) is 0 Å². The van der Waals surface area contributed by atoms with Gasteiger partial charge in [-0.25, -0.2) is 4.39 Å². The molecule has 7 atom stereocenters. The smallest absolute Gasteiger partial charge is 0.223 e. The van der Waals surface area contributed by atoms with Gasteiger partial charge in [0.05, 0.1) is 17.8 Å². The number of thioether (sulfide) groups is 1. The van der Waals surface area contributed by atoms with Crippen LogP contribution in [0.1, 0.15) is 83.5 Å². The molecule has 7 nitrogen and oxygen atoms in total. The third-order valence-electron chi connectivity index (χ3n) is 8.91. The number of carbonyl (C=O) groups excluding carboxylic acids is 1. The van der Waals surface area contributed by atoms with Crippen LogP contribution >= 0.6 is 11.8 Å². The van der Waals surface area contributed by atoms with Crippen LogP contribution in [0, 0.1) is 11.8 Å². The number of aliphatic imine (C=N–C) groups is 1. The van der Waals surface area contributed by atoms with Crippen molar-refractivity contribution in [3.05, 3.63) is 0 Å². The van der Waals surface area contributed by atoms with Gasteiger partial charge in [-0.05, 0) is 83.0 Å². The van der Waals surface area contributed by atoms with Gasteiger partial charge in [0.2, 0.25) is 5.91 Å². The summed E-state index contributed by atoms with van der Waals surface area (Å²) in [6, 6.07) is 1.46. The molecule has 0 spiro atoms. The monoisotopic (exact) mass is 508 g/mol. The lowest BCUT2D eigenvalue weighted by Crippen LogP contribution is -2.67. The second-order valence-electron chi connectivity index (χ2n) is 11.5. The van der Waals surface area contributed by atoms with Crippen molar-refractivity contribution < 1.29 is 9.18 Å². The molecular weight excluding hydrogens is 463 g/mol. The Labute approximate surface area is 214 Å². The fourth-order valence-corrected chi connectivity index (χ4v) is 7.89. The van der Waals surface area contributed by atoms with E-state index >= 15 is 0 Å². The van der Waals surface area contributed by atoms with Crippen molar-refractivity contribution >= 4 is 23.2 Å². The number of halogens is 1. The minimum Gasteiger partial charge on any atom is -0.356 e. The molecule has 3 saturated carbocycles. The van der Waals surface area contributed by atoms with Crippen molar-refractivity contribution in [2.45, 2.75) is 125 Å². The van der Waals surface area contributed by atoms with Crippen molar-refractivity contribution in [3.8, 4) is 0 Å². The molecule has 7 unspecified atom stereocenters. The second-order valence-corrected chi connectivity index (χ2v) is 12.6. The van der Waals surface area contributed by atoms with E-state index in [0.29, 0.717) is 48.3 Å². The molecule has 0 aromatic rings. The lowest BCUT2D eigenvalue weighted by atomic mass is 9.84. The number of amides is 1. The van der Waals surface area contributed by atoms with Gasteiger partial charge in [0, 0.05) is 36.3 Å². The molecule has 5 aliphatic rings. The summed E-state index contributed by atoms with van der Waals surface area (Å²) in [6.07, 6.45) is 12.9. The van der Waals surface area contributed by atoms with Crippen LogP contribution in [0.3, 0.4) is 0 Å². The van der Waals surface area contributed by atoms with Crippen molar-refractivity contribution in [2.24, 2.45) is 16.8 Å². The summed E-state index contributed by atoms with van der Waals surface area (Å²) in [7, 11) is 0. The summed E-state index contributed by atoms with van der Waals surface area (Å²) in [6.45, 7) is 1.72. The lowest BCUT2D eigenvalue weighted by Gasteiger charge is -2.40. The van der Waals surface area contributed by atoms with Crippen LogP contribution in [0.25, 0.3) is 0 Å². The van der Waals surface area contributed by atoms with Gasteiger partial charge < -0.3 is 5.32 Å². The van der Waals surface area contributed by atoms with E-state index < -0.39 is 6.17 Å². The summed E-state index contributed by atoms with van der Waals surface area (Å²) in [4.78, 5) is 17.4. The van der Waals surface area contributed by atoms with E-state index in [1.54, 1.807) is 0 Å². The minimum absolute atomic E-state index is 0.0826. The van der Waals surface area contributed by atoms with Crippen LogP contribution < -0.4 is 26.6 Å². The van der Waals surface area contributed by atoms with Gasteiger partial charge in [0.15, 0.2) is 0 Å². The van der Waals surface area contributed by atoms with Gasteiger partial charge in [0.1, 0.15) is 12.5 Å². The molecule has 5 N–H and O–H groups in total. The summed E-state index contributed by atoms with van der Waals surface area (Å²) in [5, 5.41) is 18.8. The Hall–Kier alpha value is -0.740. The highest BCUT2D eigenvalue weighted by Crippen LogP contribution is 2.34. The molecule has 2 aliphatic heterocycles. The van der Waals surface area contributed by atoms with Crippen LogP contribution in [0.5, 0.6) is 0 Å². The predicted octanol–water partition coefficient (Wildman–Crippen LogP) is 3.02. The highest BCUT2D eigenvalue weighted by molar-refractivity contribution is 8.12. The van der Waals surface area contributed by atoms with Crippen molar-refractivity contribution in [2.75, 3.05) is 13.1 Å². The normalized spacial score (nSPS) is 41.9. The summed E-state index contributed by atoms with van der Waals surface area (Å²) in [5.41, 5.74) is 2.05. The first kappa shape index (κ1) is 25.9. The number of nitrogens with one attached hydrogen (secondary N) is 5. The third-order valence-corrected chi connectivity index (χ3v) is 10.0. The van der Waals surface area contributed by atoms with E-state index in [9.17, 15) is 9.18 Å². The number of nitrogens with zero attached hydrogens (tertiary/aromatic N) is 1. The van der Waals surface area contributed by atoms with E-state index in [1.807, 2.05) is 11.8 Å². The van der Waals surface area contributed by atoms with E-state index in [1.165, 1.54) is 19.3 Å². The zero-order valence-electron chi connectivity index (χ0n) is 21.0. The molecule has 3 aliphatic carbocycles. The molecule has 1 amide bonds. The number of hydrogen-bond acceptors (Lipinski definition) is 7. The molecule has 35 heavy (non-hydrogen) atoms. The van der Waals surface area contributed by atoms with Gasteiger partial charge in [-0.15, -0.1) is 11.8 Å². The van der Waals surface area contributed by atoms with Gasteiger partial charge >= 0.3 is 0 Å². The molecule has 1 saturated heterocycles. The Morgan fingerprint density at radius 2 is 1.86 bits per heavy atom. The standard InChI is InChI=1S/C26H45FN6OS/c27-19-6-4-17(5-7-19)10-12-28-25(34)18-2-1-3-20(14-18)32-26-29-13-11-24(33-26)31-21-8-9-22-23(15-21)35-16-30-22/h16-24,26,29,31-33H,1-15H2,(H,28,34). The first-order valence-electron chi connectivity index (χ1n) is 14.2. The highest BCUT2D eigenvalue weighted by atomic mass is 32.2. The molecule has 0 bridgehead atoms. The first-order valence-corrected chi connectivity index (χ1v) is 15.2. The van der Waals surface area contributed by atoms with Crippen LogP contribution in [0.15, 0.2) is 4.99 Å². The second kappa shape index (κ2) is 12.7. The van der Waals surface area contributed by atoms with Crippen LogP contribution in [-0.4, -0.2) is 66.5 Å². The quantitative estimate of drug-likeness (QED) is 0.346. The maximum atomic E-state index is 13.3. The fourth-order valence-electron chi connectivity index (χ4n) is 6.78. The summed E-state index contributed by atoms with van der Waals surface area (Å²) >= 11 is 1.91.